The molecule has 3 aromatic rings. The molecule has 0 fully saturated rings. The molecular weight excluding hydrogens is 394 g/mol. The maximum Gasteiger partial charge on any atom is 0.210 e. The third-order valence-electron chi connectivity index (χ3n) is 3.78. The number of aliphatic hydroxyl groups is 1. The number of nitrogens with zero attached hydrogens (tertiary/aromatic N) is 2. The van der Waals surface area contributed by atoms with Gasteiger partial charge in [0.1, 0.15) is 18.1 Å². The summed E-state index contributed by atoms with van der Waals surface area (Å²) in [5.74, 6) is 2.07. The monoisotopic (exact) mass is 417 g/mol. The van der Waals surface area contributed by atoms with Crippen LogP contribution in [0.5, 0.6) is 11.5 Å². The number of rotatable bonds is 9. The molecule has 2 aromatic carbocycles. The standard InChI is InChI=1S/C20H23N3O3S2/c1-13-8-14(2)10-18(9-13)26-11-16(24)12-27-20-23-22-19(28-20)21-15-4-6-17(25-3)7-5-15/h4-10,16,24H,11-12H2,1-3H3,(H,21,22)/t16-/m0/s1. The van der Waals surface area contributed by atoms with Crippen LogP contribution in [0.3, 0.4) is 0 Å². The molecule has 0 bridgehead atoms. The van der Waals surface area contributed by atoms with Crippen molar-refractivity contribution in [2.45, 2.75) is 24.3 Å². The van der Waals surface area contributed by atoms with Crippen molar-refractivity contribution in [1.82, 2.24) is 10.2 Å². The van der Waals surface area contributed by atoms with Gasteiger partial charge < -0.3 is 19.9 Å². The highest BCUT2D eigenvalue weighted by molar-refractivity contribution is 8.01. The Bertz CT molecular complexity index is 880. The molecule has 0 aliphatic heterocycles. The van der Waals surface area contributed by atoms with Crippen molar-refractivity contribution in [2.75, 3.05) is 24.8 Å². The third kappa shape index (κ3) is 6.12. The number of ether oxygens (including phenoxy) is 2. The smallest absolute Gasteiger partial charge is 0.210 e. The fourth-order valence-electron chi connectivity index (χ4n) is 2.54. The van der Waals surface area contributed by atoms with Crippen molar-refractivity contribution in [1.29, 1.82) is 0 Å². The predicted molar refractivity (Wildman–Crippen MR) is 114 cm³/mol. The summed E-state index contributed by atoms with van der Waals surface area (Å²) < 4.78 is 11.6. The largest absolute Gasteiger partial charge is 0.497 e. The summed E-state index contributed by atoms with van der Waals surface area (Å²) in [4.78, 5) is 0. The van der Waals surface area contributed by atoms with Gasteiger partial charge in [-0.1, -0.05) is 29.2 Å². The first-order chi connectivity index (χ1) is 13.5. The number of aromatic nitrogens is 2. The number of aryl methyl sites for hydroxylation is 2. The van der Waals surface area contributed by atoms with Gasteiger partial charge in [0.25, 0.3) is 0 Å². The molecule has 0 amide bonds. The van der Waals surface area contributed by atoms with Crippen molar-refractivity contribution in [2.24, 2.45) is 0 Å². The quantitative estimate of drug-likeness (QED) is 0.499. The summed E-state index contributed by atoms with van der Waals surface area (Å²) in [5.41, 5.74) is 3.20. The molecule has 0 aliphatic rings. The molecule has 1 atom stereocenters. The lowest BCUT2D eigenvalue weighted by Crippen LogP contribution is -2.20. The van der Waals surface area contributed by atoms with Crippen LogP contribution in [0.2, 0.25) is 0 Å². The van der Waals surface area contributed by atoms with E-state index < -0.39 is 6.10 Å². The number of anilines is 2. The zero-order chi connectivity index (χ0) is 19.9. The van der Waals surface area contributed by atoms with Crippen molar-refractivity contribution in [3.63, 3.8) is 0 Å². The van der Waals surface area contributed by atoms with Gasteiger partial charge in [-0.15, -0.1) is 10.2 Å². The highest BCUT2D eigenvalue weighted by atomic mass is 32.2. The van der Waals surface area contributed by atoms with Gasteiger partial charge in [0, 0.05) is 11.4 Å². The van der Waals surface area contributed by atoms with Crippen molar-refractivity contribution >= 4 is 33.9 Å². The van der Waals surface area contributed by atoms with Crippen LogP contribution in [0.15, 0.2) is 46.8 Å². The summed E-state index contributed by atoms with van der Waals surface area (Å²) in [6, 6.07) is 13.6. The van der Waals surface area contributed by atoms with Gasteiger partial charge in [-0.2, -0.15) is 0 Å². The zero-order valence-corrected chi connectivity index (χ0v) is 17.6. The Kier molecular flexibility index (Phi) is 7.13. The topological polar surface area (TPSA) is 76.5 Å². The van der Waals surface area contributed by atoms with Gasteiger partial charge in [0.2, 0.25) is 5.13 Å². The summed E-state index contributed by atoms with van der Waals surface area (Å²) >= 11 is 2.91. The zero-order valence-electron chi connectivity index (χ0n) is 16.0. The summed E-state index contributed by atoms with van der Waals surface area (Å²) in [7, 11) is 1.64. The molecule has 148 valence electrons. The van der Waals surface area contributed by atoms with E-state index in [0.717, 1.165) is 32.7 Å². The van der Waals surface area contributed by atoms with E-state index in [1.165, 1.54) is 23.1 Å². The second-order valence-corrected chi connectivity index (χ2v) is 8.57. The normalized spacial score (nSPS) is 11.9. The van der Waals surface area contributed by atoms with E-state index in [9.17, 15) is 5.11 Å². The number of nitrogens with one attached hydrogen (secondary N) is 1. The Labute approximate surface area is 172 Å². The summed E-state index contributed by atoms with van der Waals surface area (Å²) in [5, 5.41) is 22.4. The number of hydrogen-bond acceptors (Lipinski definition) is 8. The van der Waals surface area contributed by atoms with Gasteiger partial charge in [-0.3, -0.25) is 0 Å². The van der Waals surface area contributed by atoms with Crippen molar-refractivity contribution in [3.05, 3.63) is 53.6 Å². The fourth-order valence-corrected chi connectivity index (χ4v) is 4.24. The van der Waals surface area contributed by atoms with Crippen LogP contribution < -0.4 is 14.8 Å². The molecular formula is C20H23N3O3S2. The van der Waals surface area contributed by atoms with Crippen LogP contribution in [0.4, 0.5) is 10.8 Å². The highest BCUT2D eigenvalue weighted by Gasteiger charge is 2.11. The average molecular weight is 418 g/mol. The van der Waals surface area contributed by atoms with Gasteiger partial charge in [0.15, 0.2) is 4.34 Å². The van der Waals surface area contributed by atoms with E-state index in [0.29, 0.717) is 10.9 Å². The Balaban J connectivity index is 1.45. The maximum absolute atomic E-state index is 10.2. The first-order valence-corrected chi connectivity index (χ1v) is 10.6. The van der Waals surface area contributed by atoms with E-state index >= 15 is 0 Å². The van der Waals surface area contributed by atoms with Crippen LogP contribution in [0, 0.1) is 13.8 Å². The van der Waals surface area contributed by atoms with E-state index in [-0.39, 0.29) is 6.61 Å². The van der Waals surface area contributed by atoms with Crippen molar-refractivity contribution < 1.29 is 14.6 Å². The van der Waals surface area contributed by atoms with Crippen LogP contribution in [0.25, 0.3) is 0 Å². The van der Waals surface area contributed by atoms with E-state index in [4.69, 9.17) is 9.47 Å². The number of thioether (sulfide) groups is 1. The minimum Gasteiger partial charge on any atom is -0.497 e. The Hall–Kier alpha value is -2.29. The number of benzene rings is 2. The third-order valence-corrected chi connectivity index (χ3v) is 5.90. The fraction of sp³-hybridized carbons (Fsp3) is 0.300. The Morgan fingerprint density at radius 2 is 1.79 bits per heavy atom. The minimum atomic E-state index is -0.590. The lowest BCUT2D eigenvalue weighted by Gasteiger charge is -2.12. The van der Waals surface area contributed by atoms with Crippen LogP contribution in [0.1, 0.15) is 11.1 Å². The van der Waals surface area contributed by atoms with Crippen LogP contribution in [-0.2, 0) is 0 Å². The molecule has 8 heteroatoms. The molecule has 28 heavy (non-hydrogen) atoms. The van der Waals surface area contributed by atoms with Crippen LogP contribution >= 0.6 is 23.1 Å². The molecule has 0 unspecified atom stereocenters. The Morgan fingerprint density at radius 1 is 1.07 bits per heavy atom. The number of hydrogen-bond donors (Lipinski definition) is 2. The maximum atomic E-state index is 10.2. The first-order valence-electron chi connectivity index (χ1n) is 8.78. The second-order valence-electron chi connectivity index (χ2n) is 6.33. The molecule has 1 heterocycles. The van der Waals surface area contributed by atoms with E-state index in [1.54, 1.807) is 7.11 Å². The molecule has 0 saturated heterocycles. The van der Waals surface area contributed by atoms with E-state index in [2.05, 4.69) is 21.6 Å². The van der Waals surface area contributed by atoms with Crippen LogP contribution in [-0.4, -0.2) is 40.9 Å². The second kappa shape index (κ2) is 9.77. The molecule has 0 aliphatic carbocycles. The molecule has 3 rings (SSSR count). The Morgan fingerprint density at radius 3 is 2.46 bits per heavy atom. The SMILES string of the molecule is COc1ccc(Nc2nnc(SC[C@@H](O)COc3cc(C)cc(C)c3)s2)cc1. The molecule has 1 aromatic heterocycles. The van der Waals surface area contributed by atoms with E-state index in [1.807, 2.05) is 50.2 Å². The summed E-state index contributed by atoms with van der Waals surface area (Å²) in [6.07, 6.45) is -0.590. The van der Waals surface area contributed by atoms with Gasteiger partial charge >= 0.3 is 0 Å². The van der Waals surface area contributed by atoms with Gasteiger partial charge in [-0.25, -0.2) is 0 Å². The van der Waals surface area contributed by atoms with Crippen molar-refractivity contribution in [3.8, 4) is 11.5 Å². The molecule has 6 nitrogen and oxygen atoms in total. The minimum absolute atomic E-state index is 0.242. The highest BCUT2D eigenvalue weighted by Crippen LogP contribution is 2.28. The molecule has 0 radical (unpaired) electrons. The molecule has 2 N–H and O–H groups in total. The number of methoxy groups -OCH3 is 1. The number of aliphatic hydroxyl groups excluding tert-OH is 1. The first kappa shape index (κ1) is 20.4. The predicted octanol–water partition coefficient (Wildman–Crippen LogP) is 4.44. The molecule has 0 saturated carbocycles. The average Bonchev–Trinajstić information content (AvgIpc) is 3.12. The lowest BCUT2D eigenvalue weighted by atomic mass is 10.1. The summed E-state index contributed by atoms with van der Waals surface area (Å²) in [6.45, 7) is 4.30. The van der Waals surface area contributed by atoms with Gasteiger partial charge in [-0.05, 0) is 61.4 Å². The lowest BCUT2D eigenvalue weighted by molar-refractivity contribution is 0.126. The van der Waals surface area contributed by atoms with Gasteiger partial charge in [0.05, 0.1) is 13.2 Å². The molecule has 0 spiro atoms.